The number of rotatable bonds is 3. The van der Waals surface area contributed by atoms with E-state index in [1.165, 1.54) is 0 Å². The second kappa shape index (κ2) is 4.14. The van der Waals surface area contributed by atoms with Gasteiger partial charge in [-0.05, 0) is 44.0 Å². The van der Waals surface area contributed by atoms with Gasteiger partial charge in [0, 0.05) is 0 Å². The van der Waals surface area contributed by atoms with Crippen LogP contribution in [0.3, 0.4) is 0 Å². The van der Waals surface area contributed by atoms with Crippen LogP contribution in [-0.4, -0.2) is 0 Å². The van der Waals surface area contributed by atoms with Crippen molar-refractivity contribution in [2.75, 3.05) is 0 Å². The van der Waals surface area contributed by atoms with Gasteiger partial charge in [0.2, 0.25) is 0 Å². The van der Waals surface area contributed by atoms with Gasteiger partial charge in [-0.15, -0.1) is 0 Å². The molecule has 0 spiro atoms. The quantitative estimate of drug-likeness (QED) is 0.653. The van der Waals surface area contributed by atoms with E-state index in [1.807, 2.05) is 32.9 Å². The zero-order valence-corrected chi connectivity index (χ0v) is 9.05. The normalized spacial score (nSPS) is 9.64. The molecule has 0 amide bonds. The monoisotopic (exact) mass is 188 g/mol. The molecule has 74 valence electrons. The summed E-state index contributed by atoms with van der Waals surface area (Å²) in [6.07, 6.45) is 0. The van der Waals surface area contributed by atoms with E-state index in [-0.39, 0.29) is 0 Å². The maximum atomic E-state index is 5.46. The van der Waals surface area contributed by atoms with Gasteiger partial charge in [0.25, 0.3) is 0 Å². The van der Waals surface area contributed by atoms with Gasteiger partial charge < -0.3 is 4.74 Å². The van der Waals surface area contributed by atoms with E-state index in [1.54, 1.807) is 0 Å². The summed E-state index contributed by atoms with van der Waals surface area (Å²) in [4.78, 5) is 0. The molecule has 1 nitrogen and oxygen atoms in total. The van der Waals surface area contributed by atoms with Crippen molar-refractivity contribution >= 4 is 5.57 Å². The molecule has 1 rings (SSSR count). The minimum absolute atomic E-state index is 0.705. The number of hydrogen-bond acceptors (Lipinski definition) is 1. The average molecular weight is 188 g/mol. The minimum Gasteiger partial charge on any atom is -0.462 e. The van der Waals surface area contributed by atoms with Crippen LogP contribution in [0.2, 0.25) is 0 Å². The van der Waals surface area contributed by atoms with Gasteiger partial charge in [0.1, 0.15) is 5.75 Å². The van der Waals surface area contributed by atoms with E-state index in [0.717, 1.165) is 22.4 Å². The van der Waals surface area contributed by atoms with Gasteiger partial charge in [-0.3, -0.25) is 0 Å². The zero-order chi connectivity index (χ0) is 10.7. The van der Waals surface area contributed by atoms with E-state index >= 15 is 0 Å². The average Bonchev–Trinajstić information content (AvgIpc) is 2.07. The van der Waals surface area contributed by atoms with Crippen molar-refractivity contribution in [1.82, 2.24) is 0 Å². The van der Waals surface area contributed by atoms with Crippen molar-refractivity contribution in [1.29, 1.82) is 0 Å². The fourth-order valence-corrected chi connectivity index (χ4v) is 1.22. The van der Waals surface area contributed by atoms with E-state index in [2.05, 4.69) is 19.2 Å². The molecule has 0 fully saturated rings. The third-order valence-electron chi connectivity index (χ3n) is 1.95. The first-order valence-corrected chi connectivity index (χ1v) is 4.60. The van der Waals surface area contributed by atoms with Crippen molar-refractivity contribution in [3.63, 3.8) is 0 Å². The number of aryl methyl sites for hydroxylation is 1. The summed E-state index contributed by atoms with van der Waals surface area (Å²) in [7, 11) is 0. The summed E-state index contributed by atoms with van der Waals surface area (Å²) in [5, 5.41) is 0. The molecule has 1 aromatic carbocycles. The number of benzene rings is 1. The van der Waals surface area contributed by atoms with E-state index < -0.39 is 0 Å². The van der Waals surface area contributed by atoms with E-state index in [4.69, 9.17) is 4.74 Å². The van der Waals surface area contributed by atoms with Gasteiger partial charge in [-0.1, -0.05) is 24.8 Å². The molecule has 0 bridgehead atoms. The molecule has 0 unspecified atom stereocenters. The fraction of sp³-hybridized carbons (Fsp3) is 0.231. The van der Waals surface area contributed by atoms with Crippen molar-refractivity contribution in [3.05, 3.63) is 48.2 Å². The van der Waals surface area contributed by atoms with Gasteiger partial charge in [0.05, 0.1) is 5.76 Å². The molecule has 0 atom stereocenters. The summed E-state index contributed by atoms with van der Waals surface area (Å²) in [5.41, 5.74) is 3.32. The summed E-state index contributed by atoms with van der Waals surface area (Å²) < 4.78 is 5.46. The minimum atomic E-state index is 0.705. The molecular formula is C13H16O. The van der Waals surface area contributed by atoms with E-state index in [0.29, 0.717) is 5.76 Å². The smallest absolute Gasteiger partial charge is 0.129 e. The fourth-order valence-electron chi connectivity index (χ4n) is 1.22. The highest BCUT2D eigenvalue weighted by atomic mass is 16.5. The van der Waals surface area contributed by atoms with Crippen molar-refractivity contribution in [2.45, 2.75) is 20.8 Å². The highest BCUT2D eigenvalue weighted by molar-refractivity contribution is 5.63. The SMILES string of the molecule is C=C(C)Oc1ccc(C(=C)C)cc1C. The van der Waals surface area contributed by atoms with Crippen LogP contribution < -0.4 is 4.74 Å². The van der Waals surface area contributed by atoms with Crippen molar-refractivity contribution in [3.8, 4) is 5.75 Å². The lowest BCUT2D eigenvalue weighted by molar-refractivity contribution is 0.427. The lowest BCUT2D eigenvalue weighted by Crippen LogP contribution is -1.92. The Balaban J connectivity index is 3.01. The van der Waals surface area contributed by atoms with Gasteiger partial charge >= 0.3 is 0 Å². The second-order valence-corrected chi connectivity index (χ2v) is 3.56. The summed E-state index contributed by atoms with van der Waals surface area (Å²) in [6.45, 7) is 13.5. The predicted molar refractivity (Wildman–Crippen MR) is 61.3 cm³/mol. The van der Waals surface area contributed by atoms with Crippen LogP contribution in [0.15, 0.2) is 37.1 Å². The molecule has 0 saturated heterocycles. The lowest BCUT2D eigenvalue weighted by Gasteiger charge is -2.09. The Morgan fingerprint density at radius 1 is 1.21 bits per heavy atom. The van der Waals surface area contributed by atoms with E-state index in [9.17, 15) is 0 Å². The molecular weight excluding hydrogens is 172 g/mol. The highest BCUT2D eigenvalue weighted by Gasteiger charge is 2.01. The Morgan fingerprint density at radius 3 is 2.29 bits per heavy atom. The second-order valence-electron chi connectivity index (χ2n) is 3.56. The molecule has 0 aliphatic rings. The molecule has 0 heterocycles. The molecule has 0 aliphatic carbocycles. The van der Waals surface area contributed by atoms with Crippen LogP contribution in [0.25, 0.3) is 5.57 Å². The molecule has 0 N–H and O–H groups in total. The lowest BCUT2D eigenvalue weighted by atomic mass is 10.1. The van der Waals surface area contributed by atoms with Crippen LogP contribution in [-0.2, 0) is 0 Å². The topological polar surface area (TPSA) is 9.23 Å². The number of allylic oxidation sites excluding steroid dienone is 2. The molecule has 1 heteroatoms. The standard InChI is InChI=1S/C13H16O/c1-9(2)12-6-7-13(11(5)8-12)14-10(3)4/h6-8H,1,3H2,2,4-5H3. The Kier molecular flexibility index (Phi) is 3.13. The first-order valence-electron chi connectivity index (χ1n) is 4.60. The summed E-state index contributed by atoms with van der Waals surface area (Å²) in [5.74, 6) is 1.57. The zero-order valence-electron chi connectivity index (χ0n) is 9.05. The Labute approximate surface area is 85.7 Å². The third kappa shape index (κ3) is 2.49. The first kappa shape index (κ1) is 10.6. The van der Waals surface area contributed by atoms with Crippen LogP contribution in [0.4, 0.5) is 0 Å². The van der Waals surface area contributed by atoms with Crippen molar-refractivity contribution < 1.29 is 4.74 Å². The number of hydrogen-bond donors (Lipinski definition) is 0. The molecule has 14 heavy (non-hydrogen) atoms. The predicted octanol–water partition coefficient (Wildman–Crippen LogP) is 3.94. The first-order chi connectivity index (χ1) is 6.50. The van der Waals surface area contributed by atoms with Crippen LogP contribution >= 0.6 is 0 Å². The van der Waals surface area contributed by atoms with Gasteiger partial charge in [-0.2, -0.15) is 0 Å². The van der Waals surface area contributed by atoms with Gasteiger partial charge in [-0.25, -0.2) is 0 Å². The summed E-state index contributed by atoms with van der Waals surface area (Å²) in [6, 6.07) is 6.03. The molecule has 1 aromatic rings. The Bertz CT molecular complexity index is 375. The molecule has 0 aliphatic heterocycles. The summed E-state index contributed by atoms with van der Waals surface area (Å²) >= 11 is 0. The van der Waals surface area contributed by atoms with Crippen LogP contribution in [0.1, 0.15) is 25.0 Å². The van der Waals surface area contributed by atoms with Crippen LogP contribution in [0, 0.1) is 6.92 Å². The van der Waals surface area contributed by atoms with Gasteiger partial charge in [0.15, 0.2) is 0 Å². The molecule has 0 aromatic heterocycles. The molecule has 0 saturated carbocycles. The van der Waals surface area contributed by atoms with Crippen LogP contribution in [0.5, 0.6) is 5.75 Å². The Hall–Kier alpha value is -1.50. The third-order valence-corrected chi connectivity index (χ3v) is 1.95. The maximum absolute atomic E-state index is 5.46. The maximum Gasteiger partial charge on any atom is 0.129 e. The Morgan fingerprint density at radius 2 is 1.86 bits per heavy atom. The largest absolute Gasteiger partial charge is 0.462 e. The molecule has 0 radical (unpaired) electrons. The number of ether oxygens (including phenoxy) is 1. The van der Waals surface area contributed by atoms with Crippen molar-refractivity contribution in [2.24, 2.45) is 0 Å². The highest BCUT2D eigenvalue weighted by Crippen LogP contribution is 2.23.